The molecule has 2 rings (SSSR count). The normalized spacial score (nSPS) is 9.10. The van der Waals surface area contributed by atoms with E-state index in [0.717, 1.165) is 10.8 Å². The van der Waals surface area contributed by atoms with Gasteiger partial charge in [0, 0.05) is 17.3 Å². The van der Waals surface area contributed by atoms with Crippen LogP contribution in [0.5, 0.6) is 0 Å². The molecule has 0 unspecified atom stereocenters. The summed E-state index contributed by atoms with van der Waals surface area (Å²) in [5.41, 5.74) is 0.235. The molecule has 0 fully saturated rings. The van der Waals surface area contributed by atoms with Gasteiger partial charge in [-0.3, -0.25) is 0 Å². The van der Waals surface area contributed by atoms with E-state index in [2.05, 4.69) is 10.3 Å². The maximum atomic E-state index is 8.97. The molecule has 20 heavy (non-hydrogen) atoms. The Hall–Kier alpha value is -3.07. The van der Waals surface area contributed by atoms with Crippen molar-refractivity contribution in [2.24, 2.45) is 0 Å². The average Bonchev–Trinajstić information content (AvgIpc) is 2.47. The van der Waals surface area contributed by atoms with Crippen LogP contribution in [-0.2, 0) is 0 Å². The number of anilines is 1. The Bertz CT molecular complexity index is 817. The van der Waals surface area contributed by atoms with Gasteiger partial charge in [-0.15, -0.1) is 0 Å². The molecule has 1 N–H and O–H groups in total. The summed E-state index contributed by atoms with van der Waals surface area (Å²) in [4.78, 5) is 3.97. The first-order chi connectivity index (χ1) is 9.67. The van der Waals surface area contributed by atoms with Crippen molar-refractivity contribution >= 4 is 28.1 Å². The Kier molecular flexibility index (Phi) is 3.82. The Morgan fingerprint density at radius 1 is 1.05 bits per heavy atom. The van der Waals surface area contributed by atoms with Gasteiger partial charge in [-0.25, -0.2) is 4.98 Å². The zero-order valence-corrected chi connectivity index (χ0v) is 10.8. The number of nitriles is 3. The van der Waals surface area contributed by atoms with Gasteiger partial charge in [0.2, 0.25) is 0 Å². The quantitative estimate of drug-likeness (QED) is 0.673. The van der Waals surface area contributed by atoms with Gasteiger partial charge >= 0.3 is 0 Å². The van der Waals surface area contributed by atoms with Gasteiger partial charge in [0.15, 0.2) is 5.57 Å². The highest BCUT2D eigenvalue weighted by atomic mass is 35.5. The molecule has 0 amide bonds. The summed E-state index contributed by atoms with van der Waals surface area (Å²) in [6, 6.07) is 12.1. The molecule has 0 bridgehead atoms. The standard InChI is InChI=1S/C14H6ClN5/c15-14-4-9-1-2-12(3-10(9)8-19-14)20-13(7-18)11(5-16)6-17/h1-4,8,20H. The molecule has 1 heterocycles. The monoisotopic (exact) mass is 279 g/mol. The first-order valence-electron chi connectivity index (χ1n) is 5.45. The molecule has 1 aromatic carbocycles. The van der Waals surface area contributed by atoms with E-state index in [1.54, 1.807) is 48.7 Å². The molecule has 0 aliphatic heterocycles. The van der Waals surface area contributed by atoms with Crippen LogP contribution in [0.25, 0.3) is 10.8 Å². The average molecular weight is 280 g/mol. The molecule has 0 aliphatic rings. The highest BCUT2D eigenvalue weighted by Gasteiger charge is 2.06. The highest BCUT2D eigenvalue weighted by Crippen LogP contribution is 2.22. The molecular weight excluding hydrogens is 274 g/mol. The van der Waals surface area contributed by atoms with Crippen LogP contribution in [0.3, 0.4) is 0 Å². The van der Waals surface area contributed by atoms with Crippen molar-refractivity contribution in [1.29, 1.82) is 15.8 Å². The molecule has 5 nitrogen and oxygen atoms in total. The maximum Gasteiger partial charge on any atom is 0.163 e. The van der Waals surface area contributed by atoms with E-state index < -0.39 is 0 Å². The lowest BCUT2D eigenvalue weighted by Gasteiger charge is -2.06. The number of fused-ring (bicyclic) bond motifs is 1. The van der Waals surface area contributed by atoms with Gasteiger partial charge in [0.25, 0.3) is 0 Å². The summed E-state index contributed by atoms with van der Waals surface area (Å²) in [5, 5.41) is 31.4. The van der Waals surface area contributed by atoms with E-state index in [1.807, 2.05) is 0 Å². The predicted molar refractivity (Wildman–Crippen MR) is 74.2 cm³/mol. The number of halogens is 1. The van der Waals surface area contributed by atoms with E-state index in [4.69, 9.17) is 27.4 Å². The van der Waals surface area contributed by atoms with Crippen LogP contribution < -0.4 is 5.32 Å². The fourth-order valence-corrected chi connectivity index (χ4v) is 1.79. The van der Waals surface area contributed by atoms with E-state index in [1.165, 1.54) is 0 Å². The van der Waals surface area contributed by atoms with Crippen LogP contribution in [0.4, 0.5) is 5.69 Å². The maximum absolute atomic E-state index is 8.97. The van der Waals surface area contributed by atoms with E-state index in [9.17, 15) is 0 Å². The van der Waals surface area contributed by atoms with Crippen LogP contribution in [0.2, 0.25) is 5.15 Å². The van der Waals surface area contributed by atoms with Crippen molar-refractivity contribution in [1.82, 2.24) is 4.98 Å². The van der Waals surface area contributed by atoms with Crippen LogP contribution in [0.1, 0.15) is 0 Å². The summed E-state index contributed by atoms with van der Waals surface area (Å²) in [5.74, 6) is 0. The number of aromatic nitrogens is 1. The lowest BCUT2D eigenvalue weighted by molar-refractivity contribution is 1.35. The smallest absolute Gasteiger partial charge is 0.163 e. The minimum absolute atomic E-state index is 0.0868. The van der Waals surface area contributed by atoms with Gasteiger partial charge in [-0.05, 0) is 23.6 Å². The van der Waals surface area contributed by atoms with Crippen molar-refractivity contribution in [3.63, 3.8) is 0 Å². The molecule has 94 valence electrons. The summed E-state index contributed by atoms with van der Waals surface area (Å²) in [6.07, 6.45) is 1.61. The molecule has 0 saturated carbocycles. The molecule has 0 atom stereocenters. The first kappa shape index (κ1) is 13.4. The lowest BCUT2D eigenvalue weighted by atomic mass is 10.1. The number of benzene rings is 1. The van der Waals surface area contributed by atoms with Gasteiger partial charge in [0.1, 0.15) is 29.1 Å². The van der Waals surface area contributed by atoms with Gasteiger partial charge < -0.3 is 5.32 Å². The second kappa shape index (κ2) is 5.71. The van der Waals surface area contributed by atoms with Gasteiger partial charge in [-0.2, -0.15) is 15.8 Å². The molecule has 0 saturated heterocycles. The Labute approximate surface area is 119 Å². The number of nitrogens with zero attached hydrogens (tertiary/aromatic N) is 4. The minimum atomic E-state index is -0.262. The van der Waals surface area contributed by atoms with Crippen molar-refractivity contribution in [2.75, 3.05) is 5.32 Å². The van der Waals surface area contributed by atoms with Crippen LogP contribution in [0, 0.1) is 34.0 Å². The van der Waals surface area contributed by atoms with Crippen molar-refractivity contribution in [3.05, 3.63) is 46.9 Å². The topological polar surface area (TPSA) is 96.3 Å². The van der Waals surface area contributed by atoms with E-state index in [-0.39, 0.29) is 11.3 Å². The Morgan fingerprint density at radius 3 is 2.45 bits per heavy atom. The zero-order valence-electron chi connectivity index (χ0n) is 10.1. The summed E-state index contributed by atoms with van der Waals surface area (Å²) in [6.45, 7) is 0. The third-order valence-electron chi connectivity index (χ3n) is 2.54. The summed E-state index contributed by atoms with van der Waals surface area (Å²) in [7, 11) is 0. The van der Waals surface area contributed by atoms with Crippen LogP contribution >= 0.6 is 11.6 Å². The van der Waals surface area contributed by atoms with Crippen molar-refractivity contribution < 1.29 is 0 Å². The Morgan fingerprint density at radius 2 is 1.80 bits per heavy atom. The third-order valence-corrected chi connectivity index (χ3v) is 2.75. The van der Waals surface area contributed by atoms with Crippen LogP contribution in [0.15, 0.2) is 41.7 Å². The number of hydrogen-bond donors (Lipinski definition) is 1. The minimum Gasteiger partial charge on any atom is -0.345 e. The Balaban J connectivity index is 2.43. The SMILES string of the molecule is N#CC(C#N)=C(C#N)Nc1ccc2cc(Cl)ncc2c1. The largest absolute Gasteiger partial charge is 0.345 e. The fraction of sp³-hybridized carbons (Fsp3) is 0. The number of rotatable bonds is 2. The van der Waals surface area contributed by atoms with Crippen LogP contribution in [-0.4, -0.2) is 4.98 Å². The number of pyridine rings is 1. The molecule has 0 aliphatic carbocycles. The number of nitrogens with one attached hydrogen (secondary N) is 1. The van der Waals surface area contributed by atoms with Gasteiger partial charge in [-0.1, -0.05) is 17.7 Å². The zero-order chi connectivity index (χ0) is 14.5. The van der Waals surface area contributed by atoms with Gasteiger partial charge in [0.05, 0.1) is 0 Å². The predicted octanol–water partition coefficient (Wildman–Crippen LogP) is 3.12. The second-order valence-corrected chi connectivity index (χ2v) is 4.17. The van der Waals surface area contributed by atoms with E-state index in [0.29, 0.717) is 10.8 Å². The first-order valence-corrected chi connectivity index (χ1v) is 5.82. The molecule has 0 radical (unpaired) electrons. The number of allylic oxidation sites excluding steroid dienone is 2. The lowest BCUT2D eigenvalue weighted by Crippen LogP contribution is -2.00. The number of hydrogen-bond acceptors (Lipinski definition) is 5. The fourth-order valence-electron chi connectivity index (χ4n) is 1.62. The second-order valence-electron chi connectivity index (χ2n) is 3.78. The molecule has 6 heteroatoms. The molecular formula is C14H6ClN5. The van der Waals surface area contributed by atoms with Crippen molar-refractivity contribution in [2.45, 2.75) is 0 Å². The van der Waals surface area contributed by atoms with E-state index >= 15 is 0 Å². The highest BCUT2D eigenvalue weighted by molar-refractivity contribution is 6.30. The van der Waals surface area contributed by atoms with Crippen molar-refractivity contribution in [3.8, 4) is 18.2 Å². The molecule has 0 spiro atoms. The third kappa shape index (κ3) is 2.67. The molecule has 2 aromatic rings. The molecule has 1 aromatic heterocycles. The summed E-state index contributed by atoms with van der Waals surface area (Å²) >= 11 is 5.80. The summed E-state index contributed by atoms with van der Waals surface area (Å²) < 4.78 is 0.